The summed E-state index contributed by atoms with van der Waals surface area (Å²) in [6.45, 7) is 4.35. The molecule has 2 heterocycles. The monoisotopic (exact) mass is 1160 g/mol. The van der Waals surface area contributed by atoms with E-state index in [2.05, 4.69) is 327 Å². The lowest BCUT2D eigenvalue weighted by Gasteiger charge is -2.33. The summed E-state index contributed by atoms with van der Waals surface area (Å²) in [6, 6.07) is 112. The van der Waals surface area contributed by atoms with E-state index in [0.29, 0.717) is 0 Å². The van der Waals surface area contributed by atoms with E-state index < -0.39 is 5.41 Å². The fourth-order valence-corrected chi connectivity index (χ4v) is 16.1. The molecule has 426 valence electrons. The molecule has 0 bridgehead atoms. The third-order valence-corrected chi connectivity index (χ3v) is 19.9. The minimum absolute atomic E-state index is 0.690. The molecule has 0 radical (unpaired) electrons. The summed E-state index contributed by atoms with van der Waals surface area (Å²) in [7, 11) is 0. The van der Waals surface area contributed by atoms with Crippen LogP contribution < -0.4 is 9.80 Å². The molecule has 4 heteroatoms. The van der Waals surface area contributed by atoms with Crippen molar-refractivity contribution in [3.05, 3.63) is 337 Å². The highest BCUT2D eigenvalue weighted by molar-refractivity contribution is 6.23. The molecule has 4 nitrogen and oxygen atoms in total. The normalized spacial score (nSPS) is 12.8. The van der Waals surface area contributed by atoms with Crippen LogP contribution in [0.4, 0.5) is 34.1 Å². The number of fused-ring (bicyclic) bond motifs is 23. The van der Waals surface area contributed by atoms with Gasteiger partial charge in [-0.3, -0.25) is 0 Å². The number of anilines is 6. The van der Waals surface area contributed by atoms with E-state index in [-0.39, 0.29) is 0 Å². The second kappa shape index (κ2) is 19.6. The molecule has 17 aromatic rings. The summed E-state index contributed by atoms with van der Waals surface area (Å²) in [5.41, 5.74) is 26.1. The van der Waals surface area contributed by atoms with Gasteiger partial charge in [0.1, 0.15) is 11.2 Å². The third-order valence-electron chi connectivity index (χ3n) is 19.9. The second-order valence-electron chi connectivity index (χ2n) is 24.6. The number of furan rings is 2. The van der Waals surface area contributed by atoms with Gasteiger partial charge in [0.15, 0.2) is 11.2 Å². The largest absolute Gasteiger partial charge is 0.453 e. The molecule has 0 fully saturated rings. The summed E-state index contributed by atoms with van der Waals surface area (Å²) >= 11 is 0. The highest BCUT2D eigenvalue weighted by atomic mass is 16.3. The maximum absolute atomic E-state index is 7.23. The summed E-state index contributed by atoms with van der Waals surface area (Å²) in [5.74, 6) is 0. The first-order valence-corrected chi connectivity index (χ1v) is 31.5. The molecule has 0 amide bonds. The van der Waals surface area contributed by atoms with Gasteiger partial charge in [-0.15, -0.1) is 0 Å². The molecule has 0 aliphatic heterocycles. The summed E-state index contributed by atoms with van der Waals surface area (Å²) in [5, 5.41) is 11.6. The van der Waals surface area contributed by atoms with Crippen LogP contribution in [0.25, 0.3) is 121 Å². The lowest BCUT2D eigenvalue weighted by molar-refractivity contribution is 0.670. The van der Waals surface area contributed by atoms with Crippen LogP contribution in [0.2, 0.25) is 0 Å². The molecule has 15 aromatic carbocycles. The van der Waals surface area contributed by atoms with Crippen molar-refractivity contribution in [2.45, 2.75) is 19.3 Å². The van der Waals surface area contributed by atoms with Gasteiger partial charge in [-0.2, -0.15) is 0 Å². The van der Waals surface area contributed by atoms with Crippen molar-refractivity contribution in [1.82, 2.24) is 0 Å². The second-order valence-corrected chi connectivity index (χ2v) is 24.6. The average molecular weight is 1160 g/mol. The average Bonchev–Trinajstić information content (AvgIpc) is 1.49. The van der Waals surface area contributed by atoms with Crippen molar-refractivity contribution in [3.8, 4) is 44.5 Å². The molecule has 2 aliphatic carbocycles. The Balaban J connectivity index is 0.843. The first-order valence-electron chi connectivity index (χ1n) is 31.5. The third kappa shape index (κ3) is 7.27. The van der Waals surface area contributed by atoms with Crippen LogP contribution in [0.1, 0.15) is 33.4 Å². The van der Waals surface area contributed by atoms with Crippen molar-refractivity contribution in [2.24, 2.45) is 0 Å². The Morgan fingerprint density at radius 3 is 1.23 bits per heavy atom. The minimum Gasteiger partial charge on any atom is -0.453 e. The standard InChI is InChI=1S/C87H56N2O2/c1-53-23-9-11-29-60(53)68-35-19-37-70-72-39-21-43-78(85(72)90-83(68)70)88(56-25-5-3-6-26-56)58-46-49-62-55(51-58)45-48-74-80-66-34-14-13-31-63(66)75-52-59(47-50-67(75)82(80)87(81(62)74)76-41-17-15-32-64(76)65-33-16-18-42-77(65)87)89(57-27-7-4-8-28-57)79-44-22-40-73-71-38-20-36-69(84(71)91-86(73)79)61-30-12-10-24-54(61)2/h3-52H,1-2H3. The highest BCUT2D eigenvalue weighted by Crippen LogP contribution is 2.67. The molecule has 0 atom stereocenters. The van der Waals surface area contributed by atoms with Crippen molar-refractivity contribution < 1.29 is 8.83 Å². The fourth-order valence-electron chi connectivity index (χ4n) is 16.1. The van der Waals surface area contributed by atoms with Gasteiger partial charge in [-0.1, -0.05) is 243 Å². The van der Waals surface area contributed by atoms with Crippen LogP contribution in [-0.4, -0.2) is 0 Å². The number of aryl methyl sites for hydroxylation is 2. The lowest BCUT2D eigenvalue weighted by Crippen LogP contribution is -2.26. The maximum Gasteiger partial charge on any atom is 0.159 e. The van der Waals surface area contributed by atoms with E-state index in [0.717, 1.165) is 94.5 Å². The molecule has 19 rings (SSSR count). The quantitative estimate of drug-likeness (QED) is 0.142. The van der Waals surface area contributed by atoms with Gasteiger partial charge in [0, 0.05) is 55.4 Å². The van der Waals surface area contributed by atoms with Crippen LogP contribution >= 0.6 is 0 Å². The van der Waals surface area contributed by atoms with E-state index in [1.807, 2.05) is 0 Å². The van der Waals surface area contributed by atoms with Crippen LogP contribution in [0.15, 0.2) is 312 Å². The Morgan fingerprint density at radius 1 is 0.253 bits per heavy atom. The Labute approximate surface area is 526 Å². The molecule has 1 spiro atoms. The van der Waals surface area contributed by atoms with Crippen molar-refractivity contribution in [3.63, 3.8) is 0 Å². The Kier molecular flexibility index (Phi) is 11.1. The van der Waals surface area contributed by atoms with Gasteiger partial charge in [0.2, 0.25) is 0 Å². The van der Waals surface area contributed by atoms with Crippen molar-refractivity contribution >= 4 is 110 Å². The van der Waals surface area contributed by atoms with E-state index in [9.17, 15) is 0 Å². The molecule has 2 aliphatic rings. The summed E-state index contributed by atoms with van der Waals surface area (Å²) < 4.78 is 14.4. The first-order chi connectivity index (χ1) is 45.0. The molecule has 0 saturated heterocycles. The molecule has 0 N–H and O–H groups in total. The molecule has 0 unspecified atom stereocenters. The Bertz CT molecular complexity index is 5850. The molecule has 0 saturated carbocycles. The van der Waals surface area contributed by atoms with Gasteiger partial charge in [-0.25, -0.2) is 0 Å². The Hall–Kier alpha value is -11.7. The van der Waals surface area contributed by atoms with Crippen molar-refractivity contribution in [1.29, 1.82) is 0 Å². The number of para-hydroxylation sites is 6. The fraction of sp³-hybridized carbons (Fsp3) is 0.0345. The van der Waals surface area contributed by atoms with E-state index in [1.165, 1.54) is 93.7 Å². The number of rotatable bonds is 8. The van der Waals surface area contributed by atoms with E-state index >= 15 is 0 Å². The number of hydrogen-bond donors (Lipinski definition) is 0. The molecule has 91 heavy (non-hydrogen) atoms. The van der Waals surface area contributed by atoms with Crippen molar-refractivity contribution in [2.75, 3.05) is 9.80 Å². The molecule has 2 aromatic heterocycles. The number of benzene rings is 15. The first kappa shape index (κ1) is 51.3. The zero-order chi connectivity index (χ0) is 60.1. The SMILES string of the molecule is Cc1ccccc1-c1cccc2c1oc1c(N(c3ccccc3)c3ccc4c5c(ccc4c3)-c3c(c4ccc(N(c6ccccc6)c6cccc7c6oc6c(-c8ccccc8C)cccc67)cc4c4ccccc34)C53c4ccccc4-c4ccccc43)cccc12. The minimum atomic E-state index is -0.690. The lowest BCUT2D eigenvalue weighted by atomic mass is 9.68. The van der Waals surface area contributed by atoms with Gasteiger partial charge < -0.3 is 18.6 Å². The van der Waals surface area contributed by atoms with Gasteiger partial charge in [0.05, 0.1) is 16.8 Å². The number of nitrogens with zero attached hydrogens (tertiary/aromatic N) is 2. The zero-order valence-electron chi connectivity index (χ0n) is 50.1. The highest BCUT2D eigenvalue weighted by Gasteiger charge is 2.54. The van der Waals surface area contributed by atoms with Crippen LogP contribution in [0, 0.1) is 13.8 Å². The van der Waals surface area contributed by atoms with Gasteiger partial charge in [-0.05, 0) is 174 Å². The summed E-state index contributed by atoms with van der Waals surface area (Å²) in [4.78, 5) is 4.77. The van der Waals surface area contributed by atoms with E-state index in [4.69, 9.17) is 8.83 Å². The zero-order valence-corrected chi connectivity index (χ0v) is 50.1. The predicted molar refractivity (Wildman–Crippen MR) is 380 cm³/mol. The smallest absolute Gasteiger partial charge is 0.159 e. The van der Waals surface area contributed by atoms with Crippen LogP contribution in [0.5, 0.6) is 0 Å². The van der Waals surface area contributed by atoms with Gasteiger partial charge >= 0.3 is 0 Å². The molecular weight excluding hydrogens is 1100 g/mol. The topological polar surface area (TPSA) is 32.8 Å². The maximum atomic E-state index is 7.23. The Morgan fingerprint density at radius 2 is 0.681 bits per heavy atom. The van der Waals surface area contributed by atoms with Crippen LogP contribution in [0.3, 0.4) is 0 Å². The number of hydrogen-bond acceptors (Lipinski definition) is 4. The van der Waals surface area contributed by atoms with Crippen LogP contribution in [-0.2, 0) is 5.41 Å². The van der Waals surface area contributed by atoms with Gasteiger partial charge in [0.25, 0.3) is 0 Å². The molecular formula is C87H56N2O2. The van der Waals surface area contributed by atoms with E-state index in [1.54, 1.807) is 0 Å². The summed E-state index contributed by atoms with van der Waals surface area (Å²) in [6.07, 6.45) is 0. The predicted octanol–water partition coefficient (Wildman–Crippen LogP) is 24.2.